The lowest BCUT2D eigenvalue weighted by atomic mass is 10.1. The summed E-state index contributed by atoms with van der Waals surface area (Å²) in [7, 11) is 1.58. The number of carbonyl (C=O) groups is 2. The third-order valence-corrected chi connectivity index (χ3v) is 5.70. The predicted molar refractivity (Wildman–Crippen MR) is 128 cm³/mol. The number of aryl methyl sites for hydroxylation is 2. The third-order valence-electron chi connectivity index (χ3n) is 4.54. The van der Waals surface area contributed by atoms with Crippen LogP contribution in [0.2, 0.25) is 5.02 Å². The molecule has 0 atom stereocenters. The van der Waals surface area contributed by atoms with E-state index in [1.165, 1.54) is 29.2 Å². The largest absolute Gasteiger partial charge is 0.497 e. The Morgan fingerprint density at radius 1 is 1.22 bits per heavy atom. The van der Waals surface area contributed by atoms with Crippen LogP contribution in [0.5, 0.6) is 5.75 Å². The average molecular weight is 471 g/mol. The number of hydrogen-bond donors (Lipinski definition) is 0. The van der Waals surface area contributed by atoms with Gasteiger partial charge in [0, 0.05) is 18.4 Å². The molecular weight excluding hydrogens is 448 g/mol. The van der Waals surface area contributed by atoms with Crippen LogP contribution in [0.3, 0.4) is 0 Å². The van der Waals surface area contributed by atoms with Gasteiger partial charge in [0.05, 0.1) is 23.5 Å². The van der Waals surface area contributed by atoms with Gasteiger partial charge in [-0.25, -0.2) is 9.78 Å². The van der Waals surface area contributed by atoms with Gasteiger partial charge in [0.2, 0.25) is 5.91 Å². The van der Waals surface area contributed by atoms with Crippen LogP contribution in [0.4, 0.5) is 10.8 Å². The van der Waals surface area contributed by atoms with E-state index in [9.17, 15) is 9.59 Å². The summed E-state index contributed by atoms with van der Waals surface area (Å²) in [4.78, 5) is 30.4. The summed E-state index contributed by atoms with van der Waals surface area (Å²) >= 11 is 7.72. The molecule has 3 rings (SSSR count). The van der Waals surface area contributed by atoms with E-state index >= 15 is 0 Å². The van der Waals surface area contributed by atoms with Gasteiger partial charge in [0.15, 0.2) is 5.13 Å². The number of rotatable bonds is 7. The van der Waals surface area contributed by atoms with Crippen molar-refractivity contribution in [1.82, 2.24) is 4.98 Å². The first-order valence-corrected chi connectivity index (χ1v) is 11.0. The Bertz CT molecular complexity index is 1150. The molecule has 0 aliphatic rings. The zero-order valence-corrected chi connectivity index (χ0v) is 19.8. The maximum atomic E-state index is 12.4. The maximum Gasteiger partial charge on any atom is 0.331 e. The minimum atomic E-state index is -0.497. The first-order chi connectivity index (χ1) is 15.3. The van der Waals surface area contributed by atoms with E-state index in [-0.39, 0.29) is 12.5 Å². The second-order valence-corrected chi connectivity index (χ2v) is 8.35. The van der Waals surface area contributed by atoms with Crippen molar-refractivity contribution in [2.45, 2.75) is 27.4 Å². The third kappa shape index (κ3) is 5.75. The quantitative estimate of drug-likeness (QED) is 0.319. The van der Waals surface area contributed by atoms with Crippen LogP contribution in [0.1, 0.15) is 29.3 Å². The minimum absolute atomic E-state index is 0.00978. The van der Waals surface area contributed by atoms with Gasteiger partial charge >= 0.3 is 5.97 Å². The number of nitrogens with zero attached hydrogens (tertiary/aromatic N) is 2. The molecule has 0 radical (unpaired) electrons. The predicted octanol–water partition coefficient (Wildman–Crippen LogP) is 5.86. The molecule has 32 heavy (non-hydrogen) atoms. The van der Waals surface area contributed by atoms with Crippen LogP contribution in [-0.4, -0.2) is 24.0 Å². The first kappa shape index (κ1) is 23.5. The van der Waals surface area contributed by atoms with E-state index in [1.807, 2.05) is 50.2 Å². The number of hydrogen-bond acceptors (Lipinski definition) is 6. The lowest BCUT2D eigenvalue weighted by Gasteiger charge is -2.22. The van der Waals surface area contributed by atoms with Gasteiger partial charge in [-0.1, -0.05) is 29.8 Å². The summed E-state index contributed by atoms with van der Waals surface area (Å²) < 4.78 is 10.5. The number of esters is 1. The second kappa shape index (κ2) is 10.4. The molecule has 1 heterocycles. The molecule has 6 nitrogen and oxygen atoms in total. The molecule has 0 bridgehead atoms. The Kier molecular flexibility index (Phi) is 7.66. The molecule has 0 aliphatic heterocycles. The van der Waals surface area contributed by atoms with E-state index in [4.69, 9.17) is 21.1 Å². The monoisotopic (exact) mass is 470 g/mol. The summed E-state index contributed by atoms with van der Waals surface area (Å²) in [6.45, 7) is 5.29. The van der Waals surface area contributed by atoms with E-state index in [1.54, 1.807) is 18.6 Å². The van der Waals surface area contributed by atoms with Crippen LogP contribution < -0.4 is 9.64 Å². The molecule has 2 aromatic carbocycles. The Hall–Kier alpha value is -3.16. The Morgan fingerprint density at radius 3 is 2.69 bits per heavy atom. The minimum Gasteiger partial charge on any atom is -0.497 e. The zero-order valence-electron chi connectivity index (χ0n) is 18.2. The lowest BCUT2D eigenvalue weighted by molar-refractivity contribution is -0.139. The van der Waals surface area contributed by atoms with Gasteiger partial charge in [-0.15, -0.1) is 11.3 Å². The van der Waals surface area contributed by atoms with Gasteiger partial charge in [-0.2, -0.15) is 0 Å². The number of anilines is 2. The van der Waals surface area contributed by atoms with Gasteiger partial charge < -0.3 is 9.47 Å². The summed E-state index contributed by atoms with van der Waals surface area (Å²) in [6, 6.07) is 11.1. The van der Waals surface area contributed by atoms with E-state index in [2.05, 4.69) is 4.98 Å². The fourth-order valence-electron chi connectivity index (χ4n) is 3.15. The van der Waals surface area contributed by atoms with Crippen LogP contribution in [0.15, 0.2) is 47.9 Å². The van der Waals surface area contributed by atoms with Crippen molar-refractivity contribution in [2.24, 2.45) is 0 Å². The summed E-state index contributed by atoms with van der Waals surface area (Å²) in [5.74, 6) is -0.00403. The van der Waals surface area contributed by atoms with E-state index in [0.717, 1.165) is 16.7 Å². The molecule has 0 aliphatic carbocycles. The van der Waals surface area contributed by atoms with Gasteiger partial charge in [0.25, 0.3) is 0 Å². The van der Waals surface area contributed by atoms with Gasteiger partial charge in [-0.05, 0) is 54.8 Å². The Morgan fingerprint density at radius 2 is 2.00 bits per heavy atom. The van der Waals surface area contributed by atoms with Crippen molar-refractivity contribution in [1.29, 1.82) is 0 Å². The zero-order chi connectivity index (χ0) is 23.3. The van der Waals surface area contributed by atoms with Crippen LogP contribution in [0.25, 0.3) is 6.08 Å². The molecule has 166 valence electrons. The number of ether oxygens (including phenoxy) is 2. The molecule has 1 aromatic heterocycles. The van der Waals surface area contributed by atoms with Crippen LogP contribution >= 0.6 is 22.9 Å². The van der Waals surface area contributed by atoms with Crippen molar-refractivity contribution in [2.75, 3.05) is 12.0 Å². The van der Waals surface area contributed by atoms with Gasteiger partial charge in [0.1, 0.15) is 12.4 Å². The SMILES string of the molecule is COc1cccc(/C=C/C(=O)OCc2csc(N(C(C)=O)c3c(C)cc(C)cc3Cl)n2)c1. The lowest BCUT2D eigenvalue weighted by Crippen LogP contribution is -2.24. The highest BCUT2D eigenvalue weighted by molar-refractivity contribution is 7.14. The van der Waals surface area contributed by atoms with Crippen molar-refractivity contribution in [3.63, 3.8) is 0 Å². The van der Waals surface area contributed by atoms with Crippen LogP contribution in [0, 0.1) is 13.8 Å². The van der Waals surface area contributed by atoms with E-state index in [0.29, 0.717) is 27.3 Å². The number of aromatic nitrogens is 1. The number of methoxy groups -OCH3 is 1. The summed E-state index contributed by atoms with van der Waals surface area (Å²) in [5, 5.41) is 2.69. The molecule has 8 heteroatoms. The summed E-state index contributed by atoms with van der Waals surface area (Å²) in [6.07, 6.45) is 3.00. The fourth-order valence-corrected chi connectivity index (χ4v) is 4.41. The molecule has 3 aromatic rings. The standard InChI is InChI=1S/C24H23ClN2O4S/c1-15-10-16(2)23(21(25)11-15)27(17(3)28)24-26-19(14-32-24)13-31-22(29)9-8-18-6-5-7-20(12-18)30-4/h5-12,14H,13H2,1-4H3/b9-8+. The van der Waals surface area contributed by atoms with E-state index < -0.39 is 5.97 Å². The Labute approximate surface area is 196 Å². The van der Waals surface area contributed by atoms with Crippen LogP contribution in [-0.2, 0) is 20.9 Å². The number of carbonyl (C=O) groups excluding carboxylic acids is 2. The van der Waals surface area contributed by atoms with Crippen molar-refractivity contribution < 1.29 is 19.1 Å². The number of benzene rings is 2. The number of amides is 1. The first-order valence-electron chi connectivity index (χ1n) is 9.79. The molecule has 0 fully saturated rings. The number of thiazole rings is 1. The number of halogens is 1. The highest BCUT2D eigenvalue weighted by Gasteiger charge is 2.22. The molecule has 0 unspecified atom stereocenters. The Balaban J connectivity index is 1.70. The normalized spacial score (nSPS) is 10.9. The highest BCUT2D eigenvalue weighted by atomic mass is 35.5. The molecule has 1 amide bonds. The van der Waals surface area contributed by atoms with Crippen molar-refractivity contribution in [3.05, 3.63) is 75.3 Å². The smallest absolute Gasteiger partial charge is 0.331 e. The second-order valence-electron chi connectivity index (χ2n) is 7.11. The van der Waals surface area contributed by atoms with Gasteiger partial charge in [-0.3, -0.25) is 9.69 Å². The highest BCUT2D eigenvalue weighted by Crippen LogP contribution is 2.37. The maximum absolute atomic E-state index is 12.4. The average Bonchev–Trinajstić information content (AvgIpc) is 3.21. The fraction of sp³-hybridized carbons (Fsp3) is 0.208. The molecular formula is C24H23ClN2O4S. The summed E-state index contributed by atoms with van der Waals surface area (Å²) in [5.41, 5.74) is 3.84. The topological polar surface area (TPSA) is 68.7 Å². The molecule has 0 saturated heterocycles. The molecule has 0 spiro atoms. The van der Waals surface area contributed by atoms with Crippen molar-refractivity contribution >= 4 is 51.7 Å². The molecule has 0 N–H and O–H groups in total. The van der Waals surface area contributed by atoms with Crippen molar-refractivity contribution in [3.8, 4) is 5.75 Å². The molecule has 0 saturated carbocycles.